The van der Waals surface area contributed by atoms with Gasteiger partial charge in [-0.1, -0.05) is 6.07 Å². The van der Waals surface area contributed by atoms with Crippen molar-refractivity contribution in [3.63, 3.8) is 0 Å². The van der Waals surface area contributed by atoms with Crippen LogP contribution in [-0.2, 0) is 21.4 Å². The first-order chi connectivity index (χ1) is 12.4. The van der Waals surface area contributed by atoms with Gasteiger partial charge in [-0.25, -0.2) is 8.42 Å². The van der Waals surface area contributed by atoms with Crippen LogP contribution in [0.15, 0.2) is 45.9 Å². The quantitative estimate of drug-likeness (QED) is 0.831. The lowest BCUT2D eigenvalue weighted by Crippen LogP contribution is -2.45. The highest BCUT2D eigenvalue weighted by Gasteiger charge is 2.40. The smallest absolute Gasteiger partial charge is 0.244 e. The molecule has 3 rings (SSSR count). The number of aryl methyl sites for hydroxylation is 1. The maximum absolute atomic E-state index is 13.1. The summed E-state index contributed by atoms with van der Waals surface area (Å²) in [6.07, 6.45) is 2.66. The van der Waals surface area contributed by atoms with Gasteiger partial charge in [0, 0.05) is 12.6 Å². The van der Waals surface area contributed by atoms with E-state index in [9.17, 15) is 13.2 Å². The number of nitrogens with zero attached hydrogens (tertiary/aromatic N) is 1. The van der Waals surface area contributed by atoms with E-state index in [-0.39, 0.29) is 17.3 Å². The normalized spacial score (nSPS) is 18.0. The van der Waals surface area contributed by atoms with E-state index in [0.29, 0.717) is 36.5 Å². The summed E-state index contributed by atoms with van der Waals surface area (Å²) in [4.78, 5) is 12.7. The van der Waals surface area contributed by atoms with Gasteiger partial charge in [-0.2, -0.15) is 4.31 Å². The third kappa shape index (κ3) is 3.61. The molecule has 1 aromatic heterocycles. The second-order valence-electron chi connectivity index (χ2n) is 6.20. The number of carbonyl (C=O) groups is 1. The molecular formula is C18H22N2O5S. The number of ether oxygens (including phenoxy) is 1. The van der Waals surface area contributed by atoms with Crippen LogP contribution in [0.3, 0.4) is 0 Å². The molecule has 2 heterocycles. The fraction of sp³-hybridized carbons (Fsp3) is 0.389. The van der Waals surface area contributed by atoms with Gasteiger partial charge in [-0.3, -0.25) is 4.79 Å². The molecule has 7 nitrogen and oxygen atoms in total. The van der Waals surface area contributed by atoms with E-state index in [1.165, 1.54) is 23.7 Å². The van der Waals surface area contributed by atoms with Crippen molar-refractivity contribution in [3.05, 3.63) is 47.9 Å². The molecule has 2 aromatic rings. The fourth-order valence-corrected chi connectivity index (χ4v) is 5.00. The van der Waals surface area contributed by atoms with Gasteiger partial charge >= 0.3 is 0 Å². The van der Waals surface area contributed by atoms with Crippen LogP contribution in [0.25, 0.3) is 0 Å². The molecule has 1 aliphatic rings. The van der Waals surface area contributed by atoms with Crippen LogP contribution in [0.5, 0.6) is 5.75 Å². The Kier molecular flexibility index (Phi) is 5.33. The van der Waals surface area contributed by atoms with E-state index in [1.807, 2.05) is 0 Å². The van der Waals surface area contributed by atoms with E-state index < -0.39 is 16.1 Å². The molecule has 1 aromatic carbocycles. The maximum atomic E-state index is 13.1. The first kappa shape index (κ1) is 18.5. The third-order valence-corrected chi connectivity index (χ3v) is 6.56. The van der Waals surface area contributed by atoms with Gasteiger partial charge in [0.2, 0.25) is 15.9 Å². The van der Waals surface area contributed by atoms with Crippen molar-refractivity contribution in [2.24, 2.45) is 0 Å². The first-order valence-electron chi connectivity index (χ1n) is 8.40. The highest BCUT2D eigenvalue weighted by Crippen LogP contribution is 2.30. The second-order valence-corrected chi connectivity index (χ2v) is 8.06. The minimum atomic E-state index is -3.80. The second kappa shape index (κ2) is 7.51. The molecule has 0 radical (unpaired) electrons. The SMILES string of the molecule is COc1ccc(C)c(S(=O)(=O)N2CCC[C@@H]2C(=O)NCc2ccco2)c1. The van der Waals surface area contributed by atoms with Gasteiger partial charge in [0.25, 0.3) is 0 Å². The van der Waals surface area contributed by atoms with Gasteiger partial charge in [-0.15, -0.1) is 0 Å². The Labute approximate surface area is 153 Å². The standard InChI is InChI=1S/C18H22N2O5S/c1-13-7-8-14(24-2)11-17(13)26(22,23)20-9-3-6-16(20)18(21)19-12-15-5-4-10-25-15/h4-5,7-8,10-11,16H,3,6,9,12H2,1-2H3,(H,19,21)/t16-/m1/s1. The lowest BCUT2D eigenvalue weighted by atomic mass is 10.2. The van der Waals surface area contributed by atoms with E-state index in [0.717, 1.165) is 0 Å². The van der Waals surface area contributed by atoms with E-state index in [1.54, 1.807) is 31.2 Å². The largest absolute Gasteiger partial charge is 0.497 e. The third-order valence-electron chi connectivity index (χ3n) is 4.51. The van der Waals surface area contributed by atoms with Gasteiger partial charge in [0.05, 0.1) is 24.8 Å². The summed E-state index contributed by atoms with van der Waals surface area (Å²) in [5.41, 5.74) is 0.618. The van der Waals surface area contributed by atoms with Crippen molar-refractivity contribution in [1.29, 1.82) is 0 Å². The number of furan rings is 1. The predicted octanol–water partition coefficient (Wildman–Crippen LogP) is 2.07. The van der Waals surface area contributed by atoms with Crippen LogP contribution in [-0.4, -0.2) is 38.3 Å². The molecule has 1 amide bonds. The Bertz CT molecular complexity index is 877. The zero-order valence-corrected chi connectivity index (χ0v) is 15.6. The monoisotopic (exact) mass is 378 g/mol. The average Bonchev–Trinajstić information content (AvgIpc) is 3.31. The summed E-state index contributed by atoms with van der Waals surface area (Å²) in [5.74, 6) is 0.768. The number of carbonyl (C=O) groups excluding carboxylic acids is 1. The lowest BCUT2D eigenvalue weighted by Gasteiger charge is -2.24. The Morgan fingerprint density at radius 1 is 1.38 bits per heavy atom. The molecule has 0 saturated carbocycles. The molecule has 1 N–H and O–H groups in total. The molecule has 0 aliphatic carbocycles. The number of amides is 1. The highest BCUT2D eigenvalue weighted by molar-refractivity contribution is 7.89. The molecular weight excluding hydrogens is 356 g/mol. The highest BCUT2D eigenvalue weighted by atomic mass is 32.2. The van der Waals surface area contributed by atoms with Crippen molar-refractivity contribution in [3.8, 4) is 5.75 Å². The molecule has 140 valence electrons. The Morgan fingerprint density at radius 3 is 2.88 bits per heavy atom. The zero-order chi connectivity index (χ0) is 18.7. The van der Waals surface area contributed by atoms with Gasteiger partial charge in [0.1, 0.15) is 17.6 Å². The number of benzene rings is 1. The topological polar surface area (TPSA) is 88.9 Å². The van der Waals surface area contributed by atoms with E-state index in [2.05, 4.69) is 5.32 Å². The molecule has 26 heavy (non-hydrogen) atoms. The Hall–Kier alpha value is -2.32. The van der Waals surface area contributed by atoms with Crippen LogP contribution in [0, 0.1) is 6.92 Å². The number of hydrogen-bond acceptors (Lipinski definition) is 5. The van der Waals surface area contributed by atoms with Gasteiger partial charge in [-0.05, 0) is 43.5 Å². The van der Waals surface area contributed by atoms with Crippen molar-refractivity contribution >= 4 is 15.9 Å². The zero-order valence-electron chi connectivity index (χ0n) is 14.8. The number of rotatable bonds is 6. The summed E-state index contributed by atoms with van der Waals surface area (Å²) in [7, 11) is -2.31. The summed E-state index contributed by atoms with van der Waals surface area (Å²) >= 11 is 0. The minimum absolute atomic E-state index is 0.169. The van der Waals surface area contributed by atoms with Crippen molar-refractivity contribution in [2.75, 3.05) is 13.7 Å². The van der Waals surface area contributed by atoms with E-state index >= 15 is 0 Å². The average molecular weight is 378 g/mol. The van der Waals surface area contributed by atoms with E-state index in [4.69, 9.17) is 9.15 Å². The minimum Gasteiger partial charge on any atom is -0.497 e. The number of methoxy groups -OCH3 is 1. The molecule has 1 aliphatic heterocycles. The first-order valence-corrected chi connectivity index (χ1v) is 9.84. The molecule has 0 spiro atoms. The van der Waals surface area contributed by atoms with Crippen LogP contribution < -0.4 is 10.1 Å². The maximum Gasteiger partial charge on any atom is 0.244 e. The number of nitrogens with one attached hydrogen (secondary N) is 1. The van der Waals surface area contributed by atoms with Crippen LogP contribution in [0.2, 0.25) is 0 Å². The molecule has 8 heteroatoms. The lowest BCUT2D eigenvalue weighted by molar-refractivity contribution is -0.124. The van der Waals surface area contributed by atoms with Crippen LogP contribution in [0.4, 0.5) is 0 Å². The molecule has 1 atom stereocenters. The van der Waals surface area contributed by atoms with Gasteiger partial charge < -0.3 is 14.5 Å². The molecule has 1 saturated heterocycles. The van der Waals surface area contributed by atoms with Crippen LogP contribution >= 0.6 is 0 Å². The summed E-state index contributed by atoms with van der Waals surface area (Å²) < 4.78 is 37.9. The molecule has 0 unspecified atom stereocenters. The van der Waals surface area contributed by atoms with Gasteiger partial charge in [0.15, 0.2) is 0 Å². The Balaban J connectivity index is 1.81. The Morgan fingerprint density at radius 2 is 2.19 bits per heavy atom. The summed E-state index contributed by atoms with van der Waals surface area (Å²) in [6.45, 7) is 2.28. The molecule has 1 fully saturated rings. The molecule has 0 bridgehead atoms. The van der Waals surface area contributed by atoms with Crippen LogP contribution in [0.1, 0.15) is 24.2 Å². The fourth-order valence-electron chi connectivity index (χ4n) is 3.11. The predicted molar refractivity (Wildman–Crippen MR) is 95.2 cm³/mol. The summed E-state index contributed by atoms with van der Waals surface area (Å²) in [6, 6.07) is 7.68. The summed E-state index contributed by atoms with van der Waals surface area (Å²) in [5, 5.41) is 2.75. The van der Waals surface area contributed by atoms with Crippen molar-refractivity contribution in [1.82, 2.24) is 9.62 Å². The van der Waals surface area contributed by atoms with Crippen molar-refractivity contribution in [2.45, 2.75) is 37.2 Å². The van der Waals surface area contributed by atoms with Crippen molar-refractivity contribution < 1.29 is 22.4 Å². The number of sulfonamides is 1. The number of hydrogen-bond donors (Lipinski definition) is 1.